The molecule has 0 amide bonds. The molecule has 0 aliphatic carbocycles. The zero-order valence-corrected chi connectivity index (χ0v) is 15.8. The van der Waals surface area contributed by atoms with Crippen molar-refractivity contribution in [3.63, 3.8) is 0 Å². The quantitative estimate of drug-likeness (QED) is 0.370. The highest BCUT2D eigenvalue weighted by Crippen LogP contribution is 2.32. The third kappa shape index (κ3) is 4.95. The van der Waals surface area contributed by atoms with E-state index in [-0.39, 0.29) is 16.5 Å². The molecular weight excluding hydrogens is 392 g/mol. The number of hydrogen-bond acceptors (Lipinski definition) is 6. The second-order valence-electron chi connectivity index (χ2n) is 5.70. The molecule has 8 nitrogen and oxygen atoms in total. The van der Waals surface area contributed by atoms with Crippen molar-refractivity contribution < 1.29 is 25.9 Å². The highest BCUT2D eigenvalue weighted by molar-refractivity contribution is 7.86. The molecule has 0 aliphatic heterocycles. The number of hydrogen-bond donors (Lipinski definition) is 4. The molecule has 3 aromatic rings. The minimum absolute atomic E-state index is 0.0492. The third-order valence-corrected chi connectivity index (χ3v) is 5.46. The second kappa shape index (κ2) is 7.53. The van der Waals surface area contributed by atoms with E-state index in [0.29, 0.717) is 0 Å². The van der Waals surface area contributed by atoms with Crippen LogP contribution >= 0.6 is 0 Å². The van der Waals surface area contributed by atoms with Crippen LogP contribution in [0.1, 0.15) is 5.56 Å². The first-order valence-corrected chi connectivity index (χ1v) is 10.4. The number of anilines is 2. The first-order chi connectivity index (χ1) is 12.4. The lowest BCUT2D eigenvalue weighted by Gasteiger charge is -2.09. The largest absolute Gasteiger partial charge is 0.399 e. The zero-order chi connectivity index (χ0) is 20.4. The van der Waals surface area contributed by atoms with Crippen molar-refractivity contribution in [2.45, 2.75) is 16.7 Å². The van der Waals surface area contributed by atoms with Crippen molar-refractivity contribution in [2.24, 2.45) is 0 Å². The summed E-state index contributed by atoms with van der Waals surface area (Å²) < 4.78 is 63.2. The summed E-state index contributed by atoms with van der Waals surface area (Å²) >= 11 is 0. The molecule has 0 fully saturated rings. The number of nitrogen functional groups attached to an aromatic ring is 2. The van der Waals surface area contributed by atoms with Crippen LogP contribution in [0.4, 0.5) is 11.4 Å². The Balaban J connectivity index is 0.000000273. The van der Waals surface area contributed by atoms with Crippen molar-refractivity contribution in [2.75, 3.05) is 11.5 Å². The SMILES string of the molecule is Cc1cccc(N)c1.Nc1ccc2c(S(=O)(=O)O)cccc2c1S(=O)(=O)O. The zero-order valence-electron chi connectivity index (χ0n) is 14.2. The van der Waals surface area contributed by atoms with Gasteiger partial charge in [-0.1, -0.05) is 30.3 Å². The van der Waals surface area contributed by atoms with Crippen molar-refractivity contribution in [1.29, 1.82) is 0 Å². The summed E-state index contributed by atoms with van der Waals surface area (Å²) in [4.78, 5) is -1.05. The van der Waals surface area contributed by atoms with Crippen molar-refractivity contribution >= 4 is 42.4 Å². The molecule has 27 heavy (non-hydrogen) atoms. The van der Waals surface area contributed by atoms with E-state index in [0.717, 1.165) is 17.8 Å². The van der Waals surface area contributed by atoms with Gasteiger partial charge in [-0.25, -0.2) is 0 Å². The molecule has 3 rings (SSSR count). The number of fused-ring (bicyclic) bond motifs is 1. The van der Waals surface area contributed by atoms with E-state index in [4.69, 9.17) is 20.6 Å². The summed E-state index contributed by atoms with van der Waals surface area (Å²) in [6.07, 6.45) is 0. The summed E-state index contributed by atoms with van der Waals surface area (Å²) in [7, 11) is -9.15. The van der Waals surface area contributed by atoms with Gasteiger partial charge < -0.3 is 11.5 Å². The van der Waals surface area contributed by atoms with E-state index in [9.17, 15) is 16.8 Å². The minimum Gasteiger partial charge on any atom is -0.399 e. The Morgan fingerprint density at radius 3 is 1.89 bits per heavy atom. The first-order valence-electron chi connectivity index (χ1n) is 7.49. The van der Waals surface area contributed by atoms with Gasteiger partial charge in [0, 0.05) is 16.5 Å². The molecule has 0 saturated carbocycles. The highest BCUT2D eigenvalue weighted by Gasteiger charge is 2.21. The van der Waals surface area contributed by atoms with Gasteiger partial charge in [0.1, 0.15) is 9.79 Å². The summed E-state index contributed by atoms with van der Waals surface area (Å²) in [6, 6.07) is 13.8. The predicted molar refractivity (Wildman–Crippen MR) is 104 cm³/mol. The number of rotatable bonds is 2. The number of aryl methyl sites for hydroxylation is 1. The van der Waals surface area contributed by atoms with Gasteiger partial charge in [0.2, 0.25) is 0 Å². The van der Waals surface area contributed by atoms with E-state index in [2.05, 4.69) is 0 Å². The van der Waals surface area contributed by atoms with Gasteiger partial charge in [-0.15, -0.1) is 0 Å². The average molecular weight is 410 g/mol. The van der Waals surface area contributed by atoms with Crippen LogP contribution in [-0.2, 0) is 20.2 Å². The smallest absolute Gasteiger partial charge is 0.297 e. The van der Waals surface area contributed by atoms with Crippen LogP contribution in [0.15, 0.2) is 64.4 Å². The molecule has 0 unspecified atom stereocenters. The molecule has 0 bridgehead atoms. The van der Waals surface area contributed by atoms with Crippen LogP contribution in [0.25, 0.3) is 10.8 Å². The number of benzene rings is 3. The minimum atomic E-state index is -4.62. The van der Waals surface area contributed by atoms with Crippen LogP contribution < -0.4 is 11.5 Å². The fraction of sp³-hybridized carbons (Fsp3) is 0.0588. The van der Waals surface area contributed by atoms with E-state index < -0.39 is 30.0 Å². The van der Waals surface area contributed by atoms with Gasteiger partial charge in [-0.2, -0.15) is 16.8 Å². The van der Waals surface area contributed by atoms with E-state index in [1.165, 1.54) is 23.8 Å². The maximum absolute atomic E-state index is 11.3. The summed E-state index contributed by atoms with van der Waals surface area (Å²) in [5, 5.41) is -0.135. The average Bonchev–Trinajstić information content (AvgIpc) is 2.52. The molecule has 0 aliphatic rings. The third-order valence-electron chi connectivity index (χ3n) is 3.58. The summed E-state index contributed by atoms with van der Waals surface area (Å²) in [5.74, 6) is 0. The molecule has 10 heteroatoms. The van der Waals surface area contributed by atoms with Gasteiger partial charge in [-0.3, -0.25) is 9.11 Å². The maximum atomic E-state index is 11.3. The normalized spacial score (nSPS) is 11.7. The van der Waals surface area contributed by atoms with Gasteiger partial charge >= 0.3 is 0 Å². The molecule has 0 saturated heterocycles. The Morgan fingerprint density at radius 1 is 0.778 bits per heavy atom. The molecule has 3 aromatic carbocycles. The monoisotopic (exact) mass is 410 g/mol. The van der Waals surface area contributed by atoms with Crippen molar-refractivity contribution in [3.8, 4) is 0 Å². The first kappa shape index (κ1) is 20.6. The lowest BCUT2D eigenvalue weighted by Crippen LogP contribution is -2.06. The maximum Gasteiger partial charge on any atom is 0.297 e. The van der Waals surface area contributed by atoms with Crippen LogP contribution in [0.5, 0.6) is 0 Å². The Morgan fingerprint density at radius 2 is 1.41 bits per heavy atom. The molecular formula is C17H18N2O6S2. The Labute approximate surface area is 156 Å². The Kier molecular flexibility index (Phi) is 5.76. The standard InChI is InChI=1S/C10H9NO6S2.C7H9N/c11-8-5-4-6-7(10(8)19(15,16)17)2-1-3-9(6)18(12,13)14;1-6-3-2-4-7(8)5-6/h1-5H,11H2,(H,12,13,14)(H,15,16,17);2-5H,8H2,1H3. The topological polar surface area (TPSA) is 161 Å². The van der Waals surface area contributed by atoms with E-state index in [1.807, 2.05) is 31.2 Å². The van der Waals surface area contributed by atoms with E-state index in [1.54, 1.807) is 0 Å². The van der Waals surface area contributed by atoms with E-state index >= 15 is 0 Å². The fourth-order valence-corrected chi connectivity index (χ4v) is 4.03. The van der Waals surface area contributed by atoms with Crippen LogP contribution in [-0.4, -0.2) is 25.9 Å². The van der Waals surface area contributed by atoms with Gasteiger partial charge in [0.25, 0.3) is 20.2 Å². The summed E-state index contributed by atoms with van der Waals surface area (Å²) in [5.41, 5.74) is 12.8. The lowest BCUT2D eigenvalue weighted by atomic mass is 10.1. The van der Waals surface area contributed by atoms with Gasteiger partial charge in [0.05, 0.1) is 5.69 Å². The fourth-order valence-electron chi connectivity index (χ4n) is 2.50. The molecule has 6 N–H and O–H groups in total. The molecule has 0 spiro atoms. The second-order valence-corrected chi connectivity index (χ2v) is 8.45. The number of nitrogens with two attached hydrogens (primary N) is 2. The highest BCUT2D eigenvalue weighted by atomic mass is 32.2. The molecule has 0 heterocycles. The van der Waals surface area contributed by atoms with Crippen LogP contribution in [0.3, 0.4) is 0 Å². The Hall–Kier alpha value is -2.66. The molecule has 144 valence electrons. The molecule has 0 aromatic heterocycles. The molecule has 0 radical (unpaired) electrons. The lowest BCUT2D eigenvalue weighted by molar-refractivity contribution is 0.481. The van der Waals surface area contributed by atoms with Crippen molar-refractivity contribution in [3.05, 3.63) is 60.2 Å². The van der Waals surface area contributed by atoms with Crippen LogP contribution in [0, 0.1) is 6.92 Å². The summed E-state index contributed by atoms with van der Waals surface area (Å²) in [6.45, 7) is 2.02. The van der Waals surface area contributed by atoms with Crippen LogP contribution in [0.2, 0.25) is 0 Å². The molecule has 0 atom stereocenters. The Bertz CT molecular complexity index is 1190. The predicted octanol–water partition coefficient (Wildman–Crippen LogP) is 2.49. The van der Waals surface area contributed by atoms with Gasteiger partial charge in [-0.05, 0) is 36.8 Å². The van der Waals surface area contributed by atoms with Crippen molar-refractivity contribution in [1.82, 2.24) is 0 Å². The van der Waals surface area contributed by atoms with Gasteiger partial charge in [0.15, 0.2) is 0 Å².